The number of aliphatic imine (C=N–C) groups is 2. The van der Waals surface area contributed by atoms with Gasteiger partial charge >= 0.3 is 0 Å². The van der Waals surface area contributed by atoms with E-state index in [1.807, 2.05) is 0 Å². The zero-order valence-corrected chi connectivity index (χ0v) is 6.52. The molecule has 0 amide bonds. The van der Waals surface area contributed by atoms with E-state index >= 15 is 0 Å². The highest BCUT2D eigenvalue weighted by Crippen LogP contribution is 2.39. The number of nitrogens with zero attached hydrogens (tertiary/aromatic N) is 2. The first-order valence-corrected chi connectivity index (χ1v) is 3.87. The van der Waals surface area contributed by atoms with Crippen molar-refractivity contribution in [2.24, 2.45) is 9.98 Å². The summed E-state index contributed by atoms with van der Waals surface area (Å²) in [6, 6.07) is 0. The van der Waals surface area contributed by atoms with Crippen LogP contribution in [-0.2, 0) is 0 Å². The molecule has 2 aliphatic rings. The van der Waals surface area contributed by atoms with E-state index in [0.717, 1.165) is 19.3 Å². The van der Waals surface area contributed by atoms with E-state index in [0.29, 0.717) is 0 Å². The predicted molar refractivity (Wildman–Crippen MR) is 42.8 cm³/mol. The molecular formula is C8H12N2. The Balaban J connectivity index is 2.09. The fraction of sp³-hybridized carbons (Fsp3) is 0.750. The highest BCUT2D eigenvalue weighted by Gasteiger charge is 2.43. The Labute approximate surface area is 61.1 Å². The summed E-state index contributed by atoms with van der Waals surface area (Å²) in [4.78, 5) is 8.84. The van der Waals surface area contributed by atoms with Crippen molar-refractivity contribution in [2.75, 3.05) is 0 Å². The lowest BCUT2D eigenvalue weighted by molar-refractivity contribution is 0.397. The molecule has 0 aromatic carbocycles. The third-order valence-corrected chi connectivity index (χ3v) is 2.20. The Morgan fingerprint density at radius 3 is 2.40 bits per heavy atom. The van der Waals surface area contributed by atoms with Gasteiger partial charge in [-0.25, -0.2) is 0 Å². The fourth-order valence-electron chi connectivity index (χ4n) is 1.73. The van der Waals surface area contributed by atoms with Gasteiger partial charge in [-0.1, -0.05) is 6.92 Å². The Morgan fingerprint density at radius 2 is 2.00 bits per heavy atom. The zero-order chi connectivity index (χ0) is 7.19. The largest absolute Gasteiger partial charge is 0.264 e. The Morgan fingerprint density at radius 1 is 1.40 bits per heavy atom. The lowest BCUT2D eigenvalue weighted by Gasteiger charge is -2.41. The van der Waals surface area contributed by atoms with Crippen LogP contribution >= 0.6 is 0 Å². The molecule has 54 valence electrons. The van der Waals surface area contributed by atoms with Crippen LogP contribution in [0.1, 0.15) is 33.1 Å². The Hall–Kier alpha value is -0.660. The molecule has 2 heteroatoms. The normalized spacial score (nSPS) is 36.2. The fourth-order valence-corrected chi connectivity index (χ4v) is 1.73. The van der Waals surface area contributed by atoms with Crippen LogP contribution in [0.5, 0.6) is 0 Å². The quantitative estimate of drug-likeness (QED) is 0.525. The summed E-state index contributed by atoms with van der Waals surface area (Å²) < 4.78 is 0. The molecule has 0 aromatic heterocycles. The SMILES string of the molecule is CCC1=NC2(CC(C)=N2)C1. The molecule has 0 aliphatic carbocycles. The maximum Gasteiger partial charge on any atom is 0.160 e. The number of rotatable bonds is 1. The molecule has 2 heterocycles. The second-order valence-corrected chi connectivity index (χ2v) is 3.21. The molecule has 0 radical (unpaired) electrons. The Bertz CT molecular complexity index is 227. The summed E-state index contributed by atoms with van der Waals surface area (Å²) >= 11 is 0. The van der Waals surface area contributed by atoms with E-state index in [2.05, 4.69) is 23.8 Å². The van der Waals surface area contributed by atoms with E-state index < -0.39 is 0 Å². The van der Waals surface area contributed by atoms with E-state index in [1.165, 1.54) is 11.4 Å². The van der Waals surface area contributed by atoms with Gasteiger partial charge in [0, 0.05) is 24.3 Å². The van der Waals surface area contributed by atoms with Crippen LogP contribution in [0.3, 0.4) is 0 Å². The van der Waals surface area contributed by atoms with Gasteiger partial charge in [0.1, 0.15) is 0 Å². The molecule has 0 saturated heterocycles. The minimum atomic E-state index is 0.0649. The molecule has 0 saturated carbocycles. The molecular weight excluding hydrogens is 124 g/mol. The van der Waals surface area contributed by atoms with Crippen LogP contribution < -0.4 is 0 Å². The molecule has 2 nitrogen and oxygen atoms in total. The highest BCUT2D eigenvalue weighted by atomic mass is 15.2. The summed E-state index contributed by atoms with van der Waals surface area (Å²) in [6.07, 6.45) is 3.34. The summed E-state index contributed by atoms with van der Waals surface area (Å²) in [5.41, 5.74) is 2.67. The summed E-state index contributed by atoms with van der Waals surface area (Å²) in [5.74, 6) is 0. The average Bonchev–Trinajstić information content (AvgIpc) is 1.74. The highest BCUT2D eigenvalue weighted by molar-refractivity contribution is 5.97. The van der Waals surface area contributed by atoms with Crippen molar-refractivity contribution in [1.29, 1.82) is 0 Å². The zero-order valence-electron chi connectivity index (χ0n) is 6.52. The second-order valence-electron chi connectivity index (χ2n) is 3.21. The van der Waals surface area contributed by atoms with Gasteiger partial charge < -0.3 is 0 Å². The van der Waals surface area contributed by atoms with Gasteiger partial charge in [0.25, 0.3) is 0 Å². The van der Waals surface area contributed by atoms with Gasteiger partial charge in [-0.3, -0.25) is 9.98 Å². The molecule has 0 bridgehead atoms. The first-order chi connectivity index (χ1) is 4.74. The number of hydrogen-bond acceptors (Lipinski definition) is 2. The standard InChI is InChI=1S/C8H12N2/c1-3-7-5-8(10-7)4-6(2)9-8/h3-5H2,1-2H3. The molecule has 0 fully saturated rings. The van der Waals surface area contributed by atoms with Gasteiger partial charge in [0.15, 0.2) is 5.66 Å². The van der Waals surface area contributed by atoms with Crippen LogP contribution in [-0.4, -0.2) is 17.1 Å². The van der Waals surface area contributed by atoms with E-state index in [4.69, 9.17) is 0 Å². The molecule has 1 spiro atoms. The topological polar surface area (TPSA) is 24.7 Å². The van der Waals surface area contributed by atoms with Gasteiger partial charge in [-0.05, 0) is 13.3 Å². The van der Waals surface area contributed by atoms with Gasteiger partial charge in [0.2, 0.25) is 0 Å². The first-order valence-electron chi connectivity index (χ1n) is 3.87. The number of hydrogen-bond donors (Lipinski definition) is 0. The van der Waals surface area contributed by atoms with Crippen LogP contribution in [0.25, 0.3) is 0 Å². The maximum absolute atomic E-state index is 4.46. The van der Waals surface area contributed by atoms with Crippen molar-refractivity contribution in [3.05, 3.63) is 0 Å². The van der Waals surface area contributed by atoms with Crippen LogP contribution in [0, 0.1) is 0 Å². The van der Waals surface area contributed by atoms with E-state index in [9.17, 15) is 0 Å². The van der Waals surface area contributed by atoms with Crippen molar-refractivity contribution in [1.82, 2.24) is 0 Å². The van der Waals surface area contributed by atoms with Crippen molar-refractivity contribution >= 4 is 11.4 Å². The monoisotopic (exact) mass is 136 g/mol. The summed E-state index contributed by atoms with van der Waals surface area (Å²) in [7, 11) is 0. The molecule has 2 rings (SSSR count). The lowest BCUT2D eigenvalue weighted by Crippen LogP contribution is -2.45. The van der Waals surface area contributed by atoms with Crippen LogP contribution in [0.2, 0.25) is 0 Å². The Kier molecular flexibility index (Phi) is 1.02. The summed E-state index contributed by atoms with van der Waals surface area (Å²) in [6.45, 7) is 4.23. The van der Waals surface area contributed by atoms with Crippen LogP contribution in [0.4, 0.5) is 0 Å². The first kappa shape index (κ1) is 6.08. The predicted octanol–water partition coefficient (Wildman–Crippen LogP) is 1.80. The van der Waals surface area contributed by atoms with E-state index in [1.54, 1.807) is 0 Å². The third kappa shape index (κ3) is 0.648. The second kappa shape index (κ2) is 1.68. The van der Waals surface area contributed by atoms with Gasteiger partial charge in [-0.2, -0.15) is 0 Å². The van der Waals surface area contributed by atoms with Crippen molar-refractivity contribution < 1.29 is 0 Å². The third-order valence-electron chi connectivity index (χ3n) is 2.20. The van der Waals surface area contributed by atoms with Crippen LogP contribution in [0.15, 0.2) is 9.98 Å². The van der Waals surface area contributed by atoms with Crippen molar-refractivity contribution in [3.8, 4) is 0 Å². The summed E-state index contributed by atoms with van der Waals surface area (Å²) in [5, 5.41) is 0. The maximum atomic E-state index is 4.46. The van der Waals surface area contributed by atoms with Gasteiger partial charge in [-0.15, -0.1) is 0 Å². The van der Waals surface area contributed by atoms with E-state index in [-0.39, 0.29) is 5.66 Å². The molecule has 0 N–H and O–H groups in total. The molecule has 1 atom stereocenters. The smallest absolute Gasteiger partial charge is 0.160 e. The minimum absolute atomic E-state index is 0.0649. The average molecular weight is 136 g/mol. The molecule has 2 aliphatic heterocycles. The molecule has 10 heavy (non-hydrogen) atoms. The minimum Gasteiger partial charge on any atom is -0.264 e. The lowest BCUT2D eigenvalue weighted by atomic mass is 9.85. The van der Waals surface area contributed by atoms with Gasteiger partial charge in [0.05, 0.1) is 0 Å². The van der Waals surface area contributed by atoms with Crippen molar-refractivity contribution in [3.63, 3.8) is 0 Å². The molecule has 1 unspecified atom stereocenters. The van der Waals surface area contributed by atoms with Crippen molar-refractivity contribution in [2.45, 2.75) is 38.8 Å². The molecule has 0 aromatic rings.